The molecule has 4 nitrogen and oxygen atoms in total. The Bertz CT molecular complexity index is 356. The highest BCUT2D eigenvalue weighted by Gasteiger charge is 2.05. The van der Waals surface area contributed by atoms with E-state index < -0.39 is 0 Å². The Labute approximate surface area is 103 Å². The molecule has 0 fully saturated rings. The van der Waals surface area contributed by atoms with Gasteiger partial charge in [0.25, 0.3) is 5.91 Å². The zero-order valence-electron chi connectivity index (χ0n) is 9.11. The molecule has 1 aromatic rings. The van der Waals surface area contributed by atoms with Gasteiger partial charge in [-0.3, -0.25) is 4.79 Å². The third kappa shape index (κ3) is 4.72. The van der Waals surface area contributed by atoms with Crippen LogP contribution in [0.1, 0.15) is 30.1 Å². The van der Waals surface area contributed by atoms with E-state index in [-0.39, 0.29) is 12.0 Å². The lowest BCUT2D eigenvalue weighted by Crippen LogP contribution is -2.25. The van der Waals surface area contributed by atoms with E-state index in [4.69, 9.17) is 5.11 Å². The van der Waals surface area contributed by atoms with Gasteiger partial charge < -0.3 is 10.4 Å². The van der Waals surface area contributed by atoms with E-state index in [1.165, 1.54) is 0 Å². The summed E-state index contributed by atoms with van der Waals surface area (Å²) < 4.78 is 0.643. The van der Waals surface area contributed by atoms with E-state index in [1.54, 1.807) is 25.3 Å². The minimum absolute atomic E-state index is 0.117. The monoisotopic (exact) mass is 286 g/mol. The van der Waals surface area contributed by atoms with Crippen LogP contribution in [0.15, 0.2) is 22.9 Å². The predicted molar refractivity (Wildman–Crippen MR) is 65.2 cm³/mol. The van der Waals surface area contributed by atoms with Gasteiger partial charge in [-0.25, -0.2) is 4.98 Å². The summed E-state index contributed by atoms with van der Waals surface area (Å²) in [6.07, 6.45) is 2.73. The number of carbonyl (C=O) groups is 1. The predicted octanol–water partition coefficient (Wildman–Crippen LogP) is 1.73. The first-order valence-corrected chi connectivity index (χ1v) is 5.96. The van der Waals surface area contributed by atoms with Crippen LogP contribution >= 0.6 is 15.9 Å². The van der Waals surface area contributed by atoms with Gasteiger partial charge in [0, 0.05) is 18.3 Å². The van der Waals surface area contributed by atoms with Gasteiger partial charge in [0.1, 0.15) is 4.60 Å². The molecule has 88 valence electrons. The van der Waals surface area contributed by atoms with Crippen LogP contribution in [-0.4, -0.2) is 28.6 Å². The van der Waals surface area contributed by atoms with Gasteiger partial charge in [0.05, 0.1) is 6.10 Å². The van der Waals surface area contributed by atoms with Gasteiger partial charge in [-0.1, -0.05) is 0 Å². The topological polar surface area (TPSA) is 62.2 Å². The zero-order chi connectivity index (χ0) is 12.0. The number of aliphatic hydroxyl groups excluding tert-OH is 1. The van der Waals surface area contributed by atoms with Crippen molar-refractivity contribution in [3.8, 4) is 0 Å². The number of rotatable bonds is 5. The first kappa shape index (κ1) is 13.1. The van der Waals surface area contributed by atoms with Gasteiger partial charge in [0.15, 0.2) is 0 Å². The molecule has 0 aliphatic heterocycles. The van der Waals surface area contributed by atoms with Crippen LogP contribution in [0.4, 0.5) is 0 Å². The molecule has 16 heavy (non-hydrogen) atoms. The molecule has 0 aliphatic carbocycles. The third-order valence-electron chi connectivity index (χ3n) is 2.07. The molecular formula is C11H15BrN2O2. The number of nitrogens with one attached hydrogen (secondary N) is 1. The van der Waals surface area contributed by atoms with Crippen molar-refractivity contribution in [2.24, 2.45) is 0 Å². The summed E-state index contributed by atoms with van der Waals surface area (Å²) in [6, 6.07) is 3.33. The minimum Gasteiger partial charge on any atom is -0.393 e. The quantitative estimate of drug-likeness (QED) is 0.640. The number of aliphatic hydroxyl groups is 1. The second-order valence-electron chi connectivity index (χ2n) is 3.61. The minimum atomic E-state index is -0.313. The van der Waals surface area contributed by atoms with E-state index in [1.807, 2.05) is 0 Å². The molecule has 0 aliphatic rings. The van der Waals surface area contributed by atoms with Gasteiger partial charge in [-0.15, -0.1) is 0 Å². The highest BCUT2D eigenvalue weighted by atomic mass is 79.9. The molecule has 5 heteroatoms. The summed E-state index contributed by atoms with van der Waals surface area (Å²) >= 11 is 3.21. The average molecular weight is 287 g/mol. The van der Waals surface area contributed by atoms with Gasteiger partial charge in [-0.2, -0.15) is 0 Å². The van der Waals surface area contributed by atoms with Crippen molar-refractivity contribution >= 4 is 21.8 Å². The Balaban J connectivity index is 2.35. The molecule has 0 bridgehead atoms. The summed E-state index contributed by atoms with van der Waals surface area (Å²) in [5, 5.41) is 11.8. The Morgan fingerprint density at radius 2 is 2.44 bits per heavy atom. The maximum absolute atomic E-state index is 11.6. The molecule has 1 aromatic heterocycles. The maximum atomic E-state index is 11.6. The van der Waals surface area contributed by atoms with E-state index in [0.29, 0.717) is 23.1 Å². The van der Waals surface area contributed by atoms with E-state index >= 15 is 0 Å². The van der Waals surface area contributed by atoms with Crippen LogP contribution in [0.2, 0.25) is 0 Å². The first-order chi connectivity index (χ1) is 7.59. The maximum Gasteiger partial charge on any atom is 0.251 e. The summed E-state index contributed by atoms with van der Waals surface area (Å²) in [5.41, 5.74) is 0.582. The number of amides is 1. The lowest BCUT2D eigenvalue weighted by Gasteiger charge is -2.06. The fourth-order valence-electron chi connectivity index (χ4n) is 1.25. The molecule has 0 saturated heterocycles. The molecule has 1 atom stereocenters. The number of halogens is 1. The van der Waals surface area contributed by atoms with Crippen LogP contribution in [0.3, 0.4) is 0 Å². The van der Waals surface area contributed by atoms with Crippen molar-refractivity contribution in [3.63, 3.8) is 0 Å². The zero-order valence-corrected chi connectivity index (χ0v) is 10.7. The molecule has 0 radical (unpaired) electrons. The van der Waals surface area contributed by atoms with E-state index in [0.717, 1.165) is 6.42 Å². The second-order valence-corrected chi connectivity index (χ2v) is 4.43. The average Bonchev–Trinajstić information content (AvgIpc) is 2.24. The normalized spacial score (nSPS) is 12.2. The molecule has 0 aromatic carbocycles. The van der Waals surface area contributed by atoms with Crippen LogP contribution in [0, 0.1) is 0 Å². The number of hydrogen-bond donors (Lipinski definition) is 2. The number of pyridine rings is 1. The fraction of sp³-hybridized carbons (Fsp3) is 0.455. The Hall–Kier alpha value is -0.940. The molecule has 0 spiro atoms. The summed E-state index contributed by atoms with van der Waals surface area (Å²) in [6.45, 7) is 2.31. The van der Waals surface area contributed by atoms with Crippen molar-refractivity contribution in [1.29, 1.82) is 0 Å². The Kier molecular flexibility index (Phi) is 5.42. The number of carbonyl (C=O) groups excluding carboxylic acids is 1. The number of aromatic nitrogens is 1. The van der Waals surface area contributed by atoms with Crippen molar-refractivity contribution < 1.29 is 9.90 Å². The fourth-order valence-corrected chi connectivity index (χ4v) is 1.61. The van der Waals surface area contributed by atoms with Gasteiger partial charge in [0.2, 0.25) is 0 Å². The molecule has 2 N–H and O–H groups in total. The molecule has 1 heterocycles. The summed E-state index contributed by atoms with van der Waals surface area (Å²) in [5.74, 6) is -0.117. The largest absolute Gasteiger partial charge is 0.393 e. The SMILES string of the molecule is CC(O)CCCNC(=O)c1ccnc(Br)c1. The smallest absolute Gasteiger partial charge is 0.251 e. The van der Waals surface area contributed by atoms with Crippen LogP contribution < -0.4 is 5.32 Å². The van der Waals surface area contributed by atoms with Gasteiger partial charge in [-0.05, 0) is 47.8 Å². The van der Waals surface area contributed by atoms with Crippen LogP contribution in [0.25, 0.3) is 0 Å². The second kappa shape index (κ2) is 6.60. The van der Waals surface area contributed by atoms with E-state index in [9.17, 15) is 4.79 Å². The Morgan fingerprint density at radius 3 is 3.06 bits per heavy atom. The first-order valence-electron chi connectivity index (χ1n) is 5.17. The number of nitrogens with zero attached hydrogens (tertiary/aromatic N) is 1. The van der Waals surface area contributed by atoms with Crippen LogP contribution in [-0.2, 0) is 0 Å². The molecule has 1 unspecified atom stereocenters. The van der Waals surface area contributed by atoms with Crippen molar-refractivity contribution in [3.05, 3.63) is 28.5 Å². The van der Waals surface area contributed by atoms with Crippen LogP contribution in [0.5, 0.6) is 0 Å². The standard InChI is InChI=1S/C11H15BrN2O2/c1-8(15)3-2-5-14-11(16)9-4-6-13-10(12)7-9/h4,6-8,15H,2-3,5H2,1H3,(H,14,16). The highest BCUT2D eigenvalue weighted by Crippen LogP contribution is 2.07. The Morgan fingerprint density at radius 1 is 1.69 bits per heavy atom. The molecular weight excluding hydrogens is 272 g/mol. The summed E-state index contributed by atoms with van der Waals surface area (Å²) in [7, 11) is 0. The highest BCUT2D eigenvalue weighted by molar-refractivity contribution is 9.10. The molecule has 0 saturated carbocycles. The van der Waals surface area contributed by atoms with E-state index in [2.05, 4.69) is 26.2 Å². The molecule has 1 rings (SSSR count). The lowest BCUT2D eigenvalue weighted by molar-refractivity contribution is 0.0949. The van der Waals surface area contributed by atoms with Crippen molar-refractivity contribution in [2.45, 2.75) is 25.9 Å². The number of hydrogen-bond acceptors (Lipinski definition) is 3. The van der Waals surface area contributed by atoms with Gasteiger partial charge >= 0.3 is 0 Å². The third-order valence-corrected chi connectivity index (χ3v) is 2.51. The summed E-state index contributed by atoms with van der Waals surface area (Å²) in [4.78, 5) is 15.6. The van der Waals surface area contributed by atoms with Crippen molar-refractivity contribution in [2.75, 3.05) is 6.54 Å². The molecule has 1 amide bonds. The lowest BCUT2D eigenvalue weighted by atomic mass is 10.2. The van der Waals surface area contributed by atoms with Crippen molar-refractivity contribution in [1.82, 2.24) is 10.3 Å².